The van der Waals surface area contributed by atoms with Crippen LogP contribution in [0.5, 0.6) is 5.75 Å². The summed E-state index contributed by atoms with van der Waals surface area (Å²) in [6.07, 6.45) is 0.163. The lowest BCUT2D eigenvalue weighted by atomic mass is 10.1. The predicted octanol–water partition coefficient (Wildman–Crippen LogP) is 1.53. The summed E-state index contributed by atoms with van der Waals surface area (Å²) in [6.45, 7) is 3.38. The zero-order valence-electron chi connectivity index (χ0n) is 17.4. The van der Waals surface area contributed by atoms with E-state index in [0.29, 0.717) is 25.4 Å². The monoisotopic (exact) mass is 445 g/mol. The van der Waals surface area contributed by atoms with Gasteiger partial charge in [0.25, 0.3) is 0 Å². The molecular formula is C22H27N3O5S. The van der Waals surface area contributed by atoms with Crippen LogP contribution in [0.1, 0.15) is 18.9 Å². The molecule has 2 aromatic carbocycles. The van der Waals surface area contributed by atoms with Crippen LogP contribution in [0, 0.1) is 5.92 Å². The number of benzene rings is 2. The summed E-state index contributed by atoms with van der Waals surface area (Å²) in [5.41, 5.74) is 1.01. The molecule has 1 aliphatic rings. The molecule has 0 saturated carbocycles. The number of rotatable bonds is 10. The van der Waals surface area contributed by atoms with Gasteiger partial charge in [-0.1, -0.05) is 30.3 Å². The molecule has 1 aliphatic heterocycles. The molecule has 2 N–H and O–H groups in total. The number of hydrogen-bond donors (Lipinski definition) is 2. The summed E-state index contributed by atoms with van der Waals surface area (Å²) in [5, 5.41) is 2.71. The first-order chi connectivity index (χ1) is 14.9. The van der Waals surface area contributed by atoms with Crippen molar-refractivity contribution in [1.29, 1.82) is 0 Å². The van der Waals surface area contributed by atoms with Gasteiger partial charge in [-0.25, -0.2) is 13.1 Å². The Hall–Kier alpha value is -2.91. The number of amides is 2. The molecule has 0 bridgehead atoms. The van der Waals surface area contributed by atoms with E-state index in [1.807, 2.05) is 37.3 Å². The molecule has 0 radical (unpaired) electrons. The maximum absolute atomic E-state index is 12.4. The Morgan fingerprint density at radius 1 is 1.10 bits per heavy atom. The second-order valence-corrected chi connectivity index (χ2v) is 9.02. The van der Waals surface area contributed by atoms with Gasteiger partial charge in [-0.05, 0) is 36.8 Å². The van der Waals surface area contributed by atoms with E-state index in [9.17, 15) is 18.0 Å². The van der Waals surface area contributed by atoms with Gasteiger partial charge >= 0.3 is 0 Å². The average Bonchev–Trinajstić information content (AvgIpc) is 3.13. The van der Waals surface area contributed by atoms with E-state index in [0.717, 1.165) is 5.56 Å². The minimum absolute atomic E-state index is 0.0513. The van der Waals surface area contributed by atoms with Crippen LogP contribution < -0.4 is 14.8 Å². The third kappa shape index (κ3) is 6.28. The van der Waals surface area contributed by atoms with Gasteiger partial charge in [0, 0.05) is 32.6 Å². The Labute approximate surface area is 182 Å². The molecular weight excluding hydrogens is 418 g/mol. The van der Waals surface area contributed by atoms with Crippen LogP contribution in [-0.2, 0) is 26.2 Å². The number of likely N-dealkylation sites (tertiary alicyclic amines) is 1. The summed E-state index contributed by atoms with van der Waals surface area (Å²) in [6, 6.07) is 15.7. The molecule has 1 saturated heterocycles. The number of carbonyl (C=O) groups is 2. The maximum atomic E-state index is 12.4. The van der Waals surface area contributed by atoms with Crippen molar-refractivity contribution in [2.24, 2.45) is 5.92 Å². The normalized spacial score (nSPS) is 16.4. The number of ether oxygens (including phenoxy) is 1. The quantitative estimate of drug-likeness (QED) is 0.540. The Balaban J connectivity index is 1.43. The van der Waals surface area contributed by atoms with E-state index < -0.39 is 15.9 Å². The first-order valence-electron chi connectivity index (χ1n) is 10.2. The Morgan fingerprint density at radius 3 is 2.48 bits per heavy atom. The van der Waals surface area contributed by atoms with Crippen molar-refractivity contribution >= 4 is 21.8 Å². The van der Waals surface area contributed by atoms with E-state index in [-0.39, 0.29) is 36.2 Å². The highest BCUT2D eigenvalue weighted by Crippen LogP contribution is 2.20. The molecule has 2 aromatic rings. The molecule has 1 fully saturated rings. The van der Waals surface area contributed by atoms with Crippen molar-refractivity contribution in [3.05, 3.63) is 60.2 Å². The number of nitrogens with one attached hydrogen (secondary N) is 2. The lowest BCUT2D eigenvalue weighted by molar-refractivity contribution is -0.129. The van der Waals surface area contributed by atoms with E-state index in [2.05, 4.69) is 10.0 Å². The molecule has 3 rings (SSSR count). The standard InChI is InChI=1S/C22H27N3O5S/c1-2-30-19-8-10-20(11-9-19)31(28,29)24-13-12-23-22(27)18-14-21(26)25(16-18)15-17-6-4-3-5-7-17/h3-11,18,24H,2,12-16H2,1H3,(H,23,27). The van der Waals surface area contributed by atoms with Crippen molar-refractivity contribution in [3.63, 3.8) is 0 Å². The zero-order valence-corrected chi connectivity index (χ0v) is 18.2. The summed E-state index contributed by atoms with van der Waals surface area (Å²) >= 11 is 0. The molecule has 1 heterocycles. The van der Waals surface area contributed by atoms with Crippen LogP contribution in [0.15, 0.2) is 59.5 Å². The highest BCUT2D eigenvalue weighted by Gasteiger charge is 2.34. The molecule has 2 amide bonds. The SMILES string of the molecule is CCOc1ccc(S(=O)(=O)NCCNC(=O)C2CC(=O)N(Cc3ccccc3)C2)cc1. The van der Waals surface area contributed by atoms with Crippen molar-refractivity contribution < 1.29 is 22.7 Å². The second-order valence-electron chi connectivity index (χ2n) is 7.25. The first kappa shape index (κ1) is 22.8. The maximum Gasteiger partial charge on any atom is 0.240 e. The van der Waals surface area contributed by atoms with E-state index >= 15 is 0 Å². The third-order valence-corrected chi connectivity index (χ3v) is 6.44. The van der Waals surface area contributed by atoms with Crippen LogP contribution in [0.3, 0.4) is 0 Å². The van der Waals surface area contributed by atoms with Crippen molar-refractivity contribution in [3.8, 4) is 5.75 Å². The van der Waals surface area contributed by atoms with Gasteiger partial charge in [-0.2, -0.15) is 0 Å². The molecule has 31 heavy (non-hydrogen) atoms. The summed E-state index contributed by atoms with van der Waals surface area (Å²) in [7, 11) is -3.68. The fourth-order valence-electron chi connectivity index (χ4n) is 3.38. The molecule has 1 unspecified atom stereocenters. The molecule has 9 heteroatoms. The van der Waals surface area contributed by atoms with Gasteiger partial charge in [0.1, 0.15) is 5.75 Å². The lowest BCUT2D eigenvalue weighted by Gasteiger charge is -2.16. The van der Waals surface area contributed by atoms with Crippen molar-refractivity contribution in [2.45, 2.75) is 24.8 Å². The molecule has 0 aliphatic carbocycles. The highest BCUT2D eigenvalue weighted by molar-refractivity contribution is 7.89. The summed E-state index contributed by atoms with van der Waals surface area (Å²) in [4.78, 5) is 26.4. The number of carbonyl (C=O) groups excluding carboxylic acids is 2. The molecule has 0 spiro atoms. The number of sulfonamides is 1. The van der Waals surface area contributed by atoms with Crippen LogP contribution in [0.4, 0.5) is 0 Å². The molecule has 0 aromatic heterocycles. The van der Waals surface area contributed by atoms with Gasteiger partial charge in [0.05, 0.1) is 17.4 Å². The smallest absolute Gasteiger partial charge is 0.240 e. The highest BCUT2D eigenvalue weighted by atomic mass is 32.2. The van der Waals surface area contributed by atoms with E-state index in [1.54, 1.807) is 17.0 Å². The van der Waals surface area contributed by atoms with Crippen molar-refractivity contribution in [2.75, 3.05) is 26.2 Å². The van der Waals surface area contributed by atoms with Crippen molar-refractivity contribution in [1.82, 2.24) is 14.9 Å². The third-order valence-electron chi connectivity index (χ3n) is 4.96. The second kappa shape index (κ2) is 10.4. The van der Waals surface area contributed by atoms with Crippen LogP contribution in [0.2, 0.25) is 0 Å². The number of hydrogen-bond acceptors (Lipinski definition) is 5. The van der Waals surface area contributed by atoms with Gasteiger partial charge < -0.3 is 15.0 Å². The van der Waals surface area contributed by atoms with Crippen LogP contribution in [-0.4, -0.2) is 51.4 Å². The van der Waals surface area contributed by atoms with E-state index in [1.165, 1.54) is 12.1 Å². The Bertz CT molecular complexity index is 994. The minimum Gasteiger partial charge on any atom is -0.494 e. The molecule has 8 nitrogen and oxygen atoms in total. The Morgan fingerprint density at radius 2 is 1.81 bits per heavy atom. The largest absolute Gasteiger partial charge is 0.494 e. The van der Waals surface area contributed by atoms with Gasteiger partial charge in [0.2, 0.25) is 21.8 Å². The topological polar surface area (TPSA) is 105 Å². The summed E-state index contributed by atoms with van der Waals surface area (Å²) in [5.74, 6) is -0.135. The lowest BCUT2D eigenvalue weighted by Crippen LogP contribution is -2.38. The number of nitrogens with zero attached hydrogens (tertiary/aromatic N) is 1. The predicted molar refractivity (Wildman–Crippen MR) is 116 cm³/mol. The fraction of sp³-hybridized carbons (Fsp3) is 0.364. The van der Waals surface area contributed by atoms with E-state index in [4.69, 9.17) is 4.74 Å². The Kier molecular flexibility index (Phi) is 7.64. The molecule has 1 atom stereocenters. The molecule has 166 valence electrons. The minimum atomic E-state index is -3.68. The average molecular weight is 446 g/mol. The summed E-state index contributed by atoms with van der Waals surface area (Å²) < 4.78 is 32.5. The van der Waals surface area contributed by atoms with Gasteiger partial charge in [0.15, 0.2) is 0 Å². The fourth-order valence-corrected chi connectivity index (χ4v) is 4.42. The first-order valence-corrected chi connectivity index (χ1v) is 11.7. The van der Waals surface area contributed by atoms with Gasteiger partial charge in [-0.15, -0.1) is 0 Å². The van der Waals surface area contributed by atoms with Gasteiger partial charge in [-0.3, -0.25) is 9.59 Å². The van der Waals surface area contributed by atoms with Crippen LogP contribution >= 0.6 is 0 Å². The zero-order chi connectivity index (χ0) is 22.3. The van der Waals surface area contributed by atoms with Crippen LogP contribution in [0.25, 0.3) is 0 Å².